The van der Waals surface area contributed by atoms with Crippen molar-refractivity contribution in [2.24, 2.45) is 7.05 Å². The lowest BCUT2D eigenvalue weighted by Crippen LogP contribution is -2.23. The quantitative estimate of drug-likeness (QED) is 0.936. The summed E-state index contributed by atoms with van der Waals surface area (Å²) in [7, 11) is 3.13. The fraction of sp³-hybridized carbons (Fsp3) is 0.273. The van der Waals surface area contributed by atoms with E-state index in [4.69, 9.17) is 0 Å². The van der Waals surface area contributed by atoms with Crippen molar-refractivity contribution >= 4 is 15.9 Å². The first-order valence-corrected chi connectivity index (χ1v) is 6.11. The van der Waals surface area contributed by atoms with Crippen LogP contribution in [0.4, 0.5) is 13.2 Å². The van der Waals surface area contributed by atoms with Crippen LogP contribution in [-0.4, -0.2) is 22.0 Å². The van der Waals surface area contributed by atoms with Crippen LogP contribution in [0.15, 0.2) is 16.7 Å². The highest BCUT2D eigenvalue weighted by molar-refractivity contribution is 9.10. The van der Waals surface area contributed by atoms with Crippen LogP contribution in [0.25, 0.3) is 0 Å². The SMILES string of the molecule is CNC(c1c(F)cc(F)cc1F)c1c(Br)nnn1C. The Labute approximate surface area is 115 Å². The van der Waals surface area contributed by atoms with E-state index in [1.807, 2.05) is 0 Å². The smallest absolute Gasteiger partial charge is 0.153 e. The molecule has 0 fully saturated rings. The maximum atomic E-state index is 13.8. The first-order valence-electron chi connectivity index (χ1n) is 5.32. The summed E-state index contributed by atoms with van der Waals surface area (Å²) in [5.41, 5.74) is 0.155. The van der Waals surface area contributed by atoms with Gasteiger partial charge in [-0.15, -0.1) is 5.10 Å². The monoisotopic (exact) mass is 334 g/mol. The maximum absolute atomic E-state index is 13.8. The molecule has 19 heavy (non-hydrogen) atoms. The molecule has 1 heterocycles. The van der Waals surface area contributed by atoms with Crippen LogP contribution in [0.5, 0.6) is 0 Å². The Morgan fingerprint density at radius 1 is 1.26 bits per heavy atom. The zero-order chi connectivity index (χ0) is 14.2. The van der Waals surface area contributed by atoms with E-state index in [0.717, 1.165) is 0 Å². The third-order valence-corrected chi connectivity index (χ3v) is 3.29. The molecule has 8 heteroatoms. The summed E-state index contributed by atoms with van der Waals surface area (Å²) >= 11 is 3.17. The summed E-state index contributed by atoms with van der Waals surface area (Å²) in [5, 5.41) is 10.3. The lowest BCUT2D eigenvalue weighted by atomic mass is 10.0. The molecule has 1 aromatic heterocycles. The maximum Gasteiger partial charge on any atom is 0.153 e. The molecule has 0 radical (unpaired) electrons. The molecule has 0 saturated carbocycles. The molecule has 0 amide bonds. The summed E-state index contributed by atoms with van der Waals surface area (Å²) in [6.45, 7) is 0. The Hall–Kier alpha value is -1.41. The zero-order valence-corrected chi connectivity index (χ0v) is 11.7. The predicted molar refractivity (Wildman–Crippen MR) is 65.9 cm³/mol. The highest BCUT2D eigenvalue weighted by Gasteiger charge is 2.26. The van der Waals surface area contributed by atoms with Gasteiger partial charge in [0.05, 0.1) is 11.7 Å². The van der Waals surface area contributed by atoms with Crippen LogP contribution in [0.1, 0.15) is 17.3 Å². The Bertz CT molecular complexity index is 571. The van der Waals surface area contributed by atoms with E-state index < -0.39 is 23.5 Å². The minimum atomic E-state index is -0.968. The van der Waals surface area contributed by atoms with E-state index in [9.17, 15) is 13.2 Å². The van der Waals surface area contributed by atoms with Crippen molar-refractivity contribution in [2.45, 2.75) is 6.04 Å². The molecule has 1 unspecified atom stereocenters. The van der Waals surface area contributed by atoms with Crippen LogP contribution in [0, 0.1) is 17.5 Å². The number of halogens is 4. The topological polar surface area (TPSA) is 42.7 Å². The van der Waals surface area contributed by atoms with Gasteiger partial charge in [0.1, 0.15) is 17.5 Å². The molecular weight excluding hydrogens is 325 g/mol. The van der Waals surface area contributed by atoms with Crippen molar-refractivity contribution in [1.29, 1.82) is 0 Å². The van der Waals surface area contributed by atoms with Crippen LogP contribution >= 0.6 is 15.9 Å². The van der Waals surface area contributed by atoms with E-state index in [1.165, 1.54) is 11.7 Å². The van der Waals surface area contributed by atoms with Gasteiger partial charge in [0.2, 0.25) is 0 Å². The number of benzene rings is 1. The minimum absolute atomic E-state index is 0.282. The number of nitrogens with zero attached hydrogens (tertiary/aromatic N) is 3. The van der Waals surface area contributed by atoms with Crippen LogP contribution < -0.4 is 5.32 Å². The molecule has 0 spiro atoms. The summed E-state index contributed by atoms with van der Waals surface area (Å²) in [5.74, 6) is -2.90. The first-order chi connectivity index (χ1) is 8.95. The molecule has 0 saturated heterocycles. The number of aryl methyl sites for hydroxylation is 1. The Morgan fingerprint density at radius 3 is 2.26 bits per heavy atom. The van der Waals surface area contributed by atoms with Crippen molar-refractivity contribution < 1.29 is 13.2 Å². The van der Waals surface area contributed by atoms with E-state index in [0.29, 0.717) is 22.4 Å². The first kappa shape index (κ1) is 14.0. The van der Waals surface area contributed by atoms with E-state index in [2.05, 4.69) is 31.6 Å². The van der Waals surface area contributed by atoms with Crippen molar-refractivity contribution in [2.75, 3.05) is 7.05 Å². The van der Waals surface area contributed by atoms with Gasteiger partial charge in [-0.2, -0.15) is 0 Å². The average molecular weight is 335 g/mol. The third kappa shape index (κ3) is 2.50. The van der Waals surface area contributed by atoms with Crippen LogP contribution in [0.2, 0.25) is 0 Å². The molecule has 1 atom stereocenters. The molecular formula is C11H10BrF3N4. The summed E-state index contributed by atoms with van der Waals surface area (Å²) in [6.07, 6.45) is 0. The van der Waals surface area contributed by atoms with Gasteiger partial charge in [-0.25, -0.2) is 17.9 Å². The van der Waals surface area contributed by atoms with Gasteiger partial charge in [0.25, 0.3) is 0 Å². The van der Waals surface area contributed by atoms with E-state index in [-0.39, 0.29) is 5.56 Å². The molecule has 1 aromatic carbocycles. The second-order valence-electron chi connectivity index (χ2n) is 3.89. The van der Waals surface area contributed by atoms with Gasteiger partial charge in [-0.05, 0) is 23.0 Å². The highest BCUT2D eigenvalue weighted by Crippen LogP contribution is 2.30. The zero-order valence-electron chi connectivity index (χ0n) is 10.1. The van der Waals surface area contributed by atoms with Crippen molar-refractivity contribution in [1.82, 2.24) is 20.3 Å². The van der Waals surface area contributed by atoms with Gasteiger partial charge in [0, 0.05) is 24.7 Å². The fourth-order valence-corrected chi connectivity index (χ4v) is 2.45. The number of aromatic nitrogens is 3. The molecule has 0 bridgehead atoms. The number of rotatable bonds is 3. The van der Waals surface area contributed by atoms with Crippen molar-refractivity contribution in [3.05, 3.63) is 45.4 Å². The molecule has 1 N–H and O–H groups in total. The van der Waals surface area contributed by atoms with Gasteiger partial charge < -0.3 is 5.32 Å². The van der Waals surface area contributed by atoms with E-state index in [1.54, 1.807) is 7.05 Å². The number of nitrogens with one attached hydrogen (secondary N) is 1. The van der Waals surface area contributed by atoms with Gasteiger partial charge in [-0.1, -0.05) is 5.21 Å². The number of hydrogen-bond acceptors (Lipinski definition) is 3. The molecule has 0 aliphatic rings. The van der Waals surface area contributed by atoms with Crippen LogP contribution in [0.3, 0.4) is 0 Å². The lowest BCUT2D eigenvalue weighted by Gasteiger charge is -2.18. The molecule has 2 rings (SSSR count). The minimum Gasteiger partial charge on any atom is -0.308 e. The van der Waals surface area contributed by atoms with Crippen molar-refractivity contribution in [3.63, 3.8) is 0 Å². The summed E-state index contributed by atoms with van der Waals surface area (Å²) < 4.78 is 42.3. The normalized spacial score (nSPS) is 12.7. The largest absolute Gasteiger partial charge is 0.308 e. The van der Waals surface area contributed by atoms with Crippen LogP contribution in [-0.2, 0) is 7.05 Å². The highest BCUT2D eigenvalue weighted by atomic mass is 79.9. The Balaban J connectivity index is 2.61. The Kier molecular flexibility index (Phi) is 3.91. The van der Waals surface area contributed by atoms with Gasteiger partial charge >= 0.3 is 0 Å². The standard InChI is InChI=1S/C11H10BrF3N4/c1-16-9(10-11(12)17-18-19(10)2)8-6(14)3-5(13)4-7(8)15/h3-4,9,16H,1-2H3. The molecule has 4 nitrogen and oxygen atoms in total. The Morgan fingerprint density at radius 2 is 1.84 bits per heavy atom. The molecule has 2 aromatic rings. The molecule has 102 valence electrons. The predicted octanol–water partition coefficient (Wildman–Crippen LogP) is 2.30. The lowest BCUT2D eigenvalue weighted by molar-refractivity contribution is 0.488. The third-order valence-electron chi connectivity index (χ3n) is 2.72. The van der Waals surface area contributed by atoms with Gasteiger partial charge in [0.15, 0.2) is 4.60 Å². The molecule has 0 aliphatic carbocycles. The summed E-state index contributed by atoms with van der Waals surface area (Å²) in [4.78, 5) is 0. The number of hydrogen-bond donors (Lipinski definition) is 1. The second kappa shape index (κ2) is 5.30. The second-order valence-corrected chi connectivity index (χ2v) is 4.65. The fourth-order valence-electron chi connectivity index (χ4n) is 1.89. The van der Waals surface area contributed by atoms with Crippen molar-refractivity contribution in [3.8, 4) is 0 Å². The summed E-state index contributed by atoms with van der Waals surface area (Å²) in [6, 6.07) is 0.441. The molecule has 0 aliphatic heterocycles. The van der Waals surface area contributed by atoms with E-state index >= 15 is 0 Å². The average Bonchev–Trinajstić information content (AvgIpc) is 2.64. The van der Waals surface area contributed by atoms with Gasteiger partial charge in [-0.3, -0.25) is 0 Å².